The van der Waals surface area contributed by atoms with Crippen molar-refractivity contribution >= 4 is 11.8 Å². The normalized spacial score (nSPS) is 16.2. The summed E-state index contributed by atoms with van der Waals surface area (Å²) in [7, 11) is 0. The fraction of sp³-hybridized carbons (Fsp3) is 0.273. The zero-order chi connectivity index (χ0) is 20.2. The van der Waals surface area contributed by atoms with Crippen molar-refractivity contribution in [3.63, 3.8) is 0 Å². The second kappa shape index (κ2) is 8.26. The van der Waals surface area contributed by atoms with E-state index in [1.165, 1.54) is 0 Å². The van der Waals surface area contributed by atoms with Crippen LogP contribution in [-0.4, -0.2) is 33.4 Å². The maximum Gasteiger partial charge on any atom is 0.251 e. The van der Waals surface area contributed by atoms with Crippen molar-refractivity contribution in [1.29, 1.82) is 0 Å². The fourth-order valence-corrected chi connectivity index (χ4v) is 3.45. The summed E-state index contributed by atoms with van der Waals surface area (Å²) in [5, 5.41) is 6.81. The molecule has 1 aromatic heterocycles. The van der Waals surface area contributed by atoms with E-state index >= 15 is 0 Å². The number of rotatable bonds is 6. The predicted molar refractivity (Wildman–Crippen MR) is 106 cm³/mol. The molecule has 29 heavy (non-hydrogen) atoms. The Bertz CT molecular complexity index is 1020. The number of amides is 2. The molecule has 4 rings (SSSR count). The molecule has 0 aliphatic carbocycles. The SMILES string of the molecule is Cc1cccc(C(=O)NCc2nc([C@@H]3CC(=O)N(Cc4ccccc4)C3)no2)c1. The van der Waals surface area contributed by atoms with Gasteiger partial charge in [-0.2, -0.15) is 4.98 Å². The third-order valence-corrected chi connectivity index (χ3v) is 4.96. The van der Waals surface area contributed by atoms with Gasteiger partial charge in [0.05, 0.1) is 6.54 Å². The topological polar surface area (TPSA) is 88.3 Å². The summed E-state index contributed by atoms with van der Waals surface area (Å²) < 4.78 is 5.27. The molecular formula is C22H22N4O3. The van der Waals surface area contributed by atoms with E-state index < -0.39 is 0 Å². The van der Waals surface area contributed by atoms with E-state index in [1.54, 1.807) is 6.07 Å². The number of hydrogen-bond donors (Lipinski definition) is 1. The Hall–Kier alpha value is -3.48. The van der Waals surface area contributed by atoms with Crippen LogP contribution in [0.4, 0.5) is 0 Å². The third-order valence-electron chi connectivity index (χ3n) is 4.96. The first-order chi connectivity index (χ1) is 14.1. The van der Waals surface area contributed by atoms with Gasteiger partial charge in [-0.25, -0.2) is 0 Å². The summed E-state index contributed by atoms with van der Waals surface area (Å²) in [5.41, 5.74) is 2.69. The van der Waals surface area contributed by atoms with E-state index in [0.29, 0.717) is 36.8 Å². The number of hydrogen-bond acceptors (Lipinski definition) is 5. The lowest BCUT2D eigenvalue weighted by Gasteiger charge is -2.15. The minimum absolute atomic E-state index is 0.0814. The van der Waals surface area contributed by atoms with Crippen molar-refractivity contribution in [2.45, 2.75) is 32.4 Å². The molecule has 0 saturated carbocycles. The van der Waals surface area contributed by atoms with Crippen molar-refractivity contribution < 1.29 is 14.1 Å². The van der Waals surface area contributed by atoms with E-state index in [2.05, 4.69) is 15.5 Å². The number of carbonyl (C=O) groups excluding carboxylic acids is 2. The molecule has 148 valence electrons. The Morgan fingerprint density at radius 1 is 1.21 bits per heavy atom. The highest BCUT2D eigenvalue weighted by atomic mass is 16.5. The van der Waals surface area contributed by atoms with Gasteiger partial charge in [-0.1, -0.05) is 53.2 Å². The highest BCUT2D eigenvalue weighted by Gasteiger charge is 2.33. The van der Waals surface area contributed by atoms with Crippen LogP contribution in [0.1, 0.15) is 45.5 Å². The lowest BCUT2D eigenvalue weighted by atomic mass is 10.1. The molecule has 1 fully saturated rings. The number of benzene rings is 2. The Morgan fingerprint density at radius 2 is 2.03 bits per heavy atom. The molecule has 2 aromatic carbocycles. The molecule has 0 unspecified atom stereocenters. The molecule has 1 aliphatic rings. The maximum atomic E-state index is 12.4. The summed E-state index contributed by atoms with van der Waals surface area (Å²) in [4.78, 5) is 30.8. The minimum atomic E-state index is -0.196. The van der Waals surface area contributed by atoms with Crippen LogP contribution >= 0.6 is 0 Å². The highest BCUT2D eigenvalue weighted by molar-refractivity contribution is 5.94. The predicted octanol–water partition coefficient (Wildman–Crippen LogP) is 2.82. The van der Waals surface area contributed by atoms with Gasteiger partial charge in [0.25, 0.3) is 5.91 Å². The standard InChI is InChI=1S/C22H22N4O3/c1-15-6-5-9-17(10-15)22(28)23-12-19-24-21(25-29-19)18-11-20(27)26(14-18)13-16-7-3-2-4-8-16/h2-10,18H,11-14H2,1H3,(H,23,28)/t18-/m1/s1. The van der Waals surface area contributed by atoms with E-state index in [0.717, 1.165) is 11.1 Å². The van der Waals surface area contributed by atoms with Crippen LogP contribution < -0.4 is 5.32 Å². The van der Waals surface area contributed by atoms with E-state index in [1.807, 2.05) is 60.4 Å². The molecule has 7 nitrogen and oxygen atoms in total. The van der Waals surface area contributed by atoms with Gasteiger partial charge >= 0.3 is 0 Å². The number of carbonyl (C=O) groups is 2. The molecule has 1 aliphatic heterocycles. The molecule has 0 radical (unpaired) electrons. The van der Waals surface area contributed by atoms with Crippen LogP contribution in [0, 0.1) is 6.92 Å². The fourth-order valence-electron chi connectivity index (χ4n) is 3.45. The summed E-state index contributed by atoms with van der Waals surface area (Å²) in [6.45, 7) is 3.22. The molecule has 0 spiro atoms. The van der Waals surface area contributed by atoms with Crippen molar-refractivity contribution in [3.05, 3.63) is 83.0 Å². The number of likely N-dealkylation sites (tertiary alicyclic amines) is 1. The Kier molecular flexibility index (Phi) is 5.37. The molecule has 7 heteroatoms. The Morgan fingerprint density at radius 3 is 2.83 bits per heavy atom. The zero-order valence-corrected chi connectivity index (χ0v) is 16.2. The van der Waals surface area contributed by atoms with Crippen LogP contribution in [0.2, 0.25) is 0 Å². The van der Waals surface area contributed by atoms with E-state index in [9.17, 15) is 9.59 Å². The molecule has 2 amide bonds. The summed E-state index contributed by atoms with van der Waals surface area (Å²) >= 11 is 0. The summed E-state index contributed by atoms with van der Waals surface area (Å²) in [5.74, 6) is 0.622. The van der Waals surface area contributed by atoms with Crippen LogP contribution in [0.5, 0.6) is 0 Å². The van der Waals surface area contributed by atoms with Gasteiger partial charge in [0.15, 0.2) is 5.82 Å². The van der Waals surface area contributed by atoms with Gasteiger partial charge in [-0.15, -0.1) is 0 Å². The monoisotopic (exact) mass is 390 g/mol. The van der Waals surface area contributed by atoms with Crippen molar-refractivity contribution in [2.75, 3.05) is 6.54 Å². The van der Waals surface area contributed by atoms with Gasteiger partial charge in [0, 0.05) is 31.0 Å². The average molecular weight is 390 g/mol. The molecule has 1 N–H and O–H groups in total. The minimum Gasteiger partial charge on any atom is -0.343 e. The number of nitrogens with one attached hydrogen (secondary N) is 1. The zero-order valence-electron chi connectivity index (χ0n) is 16.2. The Balaban J connectivity index is 1.34. The summed E-state index contributed by atoms with van der Waals surface area (Å²) in [6.07, 6.45) is 0.363. The van der Waals surface area contributed by atoms with Gasteiger partial charge in [0.2, 0.25) is 11.8 Å². The van der Waals surface area contributed by atoms with E-state index in [-0.39, 0.29) is 24.3 Å². The first kappa shape index (κ1) is 18.9. The lowest BCUT2D eigenvalue weighted by molar-refractivity contribution is -0.128. The highest BCUT2D eigenvalue weighted by Crippen LogP contribution is 2.27. The van der Waals surface area contributed by atoms with Crippen LogP contribution in [0.3, 0.4) is 0 Å². The molecule has 1 saturated heterocycles. The quantitative estimate of drug-likeness (QED) is 0.699. The molecule has 3 aromatic rings. The number of aromatic nitrogens is 2. The first-order valence-corrected chi connectivity index (χ1v) is 9.57. The molecule has 2 heterocycles. The largest absolute Gasteiger partial charge is 0.343 e. The Labute approximate surface area is 168 Å². The second-order valence-electron chi connectivity index (χ2n) is 7.26. The second-order valence-corrected chi connectivity index (χ2v) is 7.26. The average Bonchev–Trinajstić information content (AvgIpc) is 3.34. The smallest absolute Gasteiger partial charge is 0.251 e. The maximum absolute atomic E-state index is 12.4. The van der Waals surface area contributed by atoms with Crippen molar-refractivity contribution in [2.24, 2.45) is 0 Å². The molecule has 1 atom stereocenters. The van der Waals surface area contributed by atoms with Crippen LogP contribution in [0.25, 0.3) is 0 Å². The number of aryl methyl sites for hydroxylation is 1. The molecule has 0 bridgehead atoms. The van der Waals surface area contributed by atoms with Gasteiger partial charge in [-0.3, -0.25) is 9.59 Å². The van der Waals surface area contributed by atoms with Crippen LogP contribution in [0.15, 0.2) is 59.1 Å². The summed E-state index contributed by atoms with van der Waals surface area (Å²) in [6, 6.07) is 17.2. The van der Waals surface area contributed by atoms with E-state index in [4.69, 9.17) is 4.52 Å². The number of nitrogens with zero attached hydrogens (tertiary/aromatic N) is 3. The van der Waals surface area contributed by atoms with Crippen LogP contribution in [-0.2, 0) is 17.9 Å². The molecular weight excluding hydrogens is 368 g/mol. The first-order valence-electron chi connectivity index (χ1n) is 9.57. The van der Waals surface area contributed by atoms with Crippen molar-refractivity contribution in [3.8, 4) is 0 Å². The van der Waals surface area contributed by atoms with Crippen molar-refractivity contribution in [1.82, 2.24) is 20.4 Å². The van der Waals surface area contributed by atoms with Gasteiger partial charge in [0.1, 0.15) is 0 Å². The third kappa shape index (κ3) is 4.51. The lowest BCUT2D eigenvalue weighted by Crippen LogP contribution is -2.24. The van der Waals surface area contributed by atoms with Gasteiger partial charge < -0.3 is 14.7 Å². The van der Waals surface area contributed by atoms with Gasteiger partial charge in [-0.05, 0) is 24.6 Å².